The second-order valence-electron chi connectivity index (χ2n) is 6.54. The predicted octanol–water partition coefficient (Wildman–Crippen LogP) is 2.79. The molecule has 0 saturated carbocycles. The molecule has 0 atom stereocenters. The first-order valence-corrected chi connectivity index (χ1v) is 9.53. The molecule has 2 aromatic heterocycles. The maximum absolute atomic E-state index is 12.4. The fourth-order valence-corrected chi connectivity index (χ4v) is 2.72. The van der Waals surface area contributed by atoms with Crippen molar-refractivity contribution in [1.29, 1.82) is 0 Å². The van der Waals surface area contributed by atoms with E-state index in [1.165, 1.54) is 4.52 Å². The van der Waals surface area contributed by atoms with Crippen molar-refractivity contribution in [2.45, 2.75) is 26.7 Å². The Hall–Kier alpha value is -3.75. The number of aryl methyl sites for hydroxylation is 1. The zero-order valence-corrected chi connectivity index (χ0v) is 16.8. The van der Waals surface area contributed by atoms with Gasteiger partial charge in [-0.2, -0.15) is 5.10 Å². The molecule has 2 heterocycles. The van der Waals surface area contributed by atoms with Gasteiger partial charge in [-0.25, -0.2) is 19.1 Å². The summed E-state index contributed by atoms with van der Waals surface area (Å²) in [5.41, 5.74) is 1.90. The molecule has 0 radical (unpaired) electrons. The summed E-state index contributed by atoms with van der Waals surface area (Å²) in [4.78, 5) is 40.5. The molecule has 0 bridgehead atoms. The monoisotopic (exact) mass is 410 g/mol. The number of unbranched alkanes of at least 4 members (excludes halogenated alkanes) is 1. The number of carbonyl (C=O) groups excluding carboxylic acids is 3. The van der Waals surface area contributed by atoms with Crippen molar-refractivity contribution >= 4 is 29.2 Å². The zero-order chi connectivity index (χ0) is 21.5. The average molecular weight is 410 g/mol. The number of hydrogen-bond acceptors (Lipinski definition) is 7. The van der Waals surface area contributed by atoms with Gasteiger partial charge in [-0.05, 0) is 43.7 Å². The van der Waals surface area contributed by atoms with Gasteiger partial charge in [-0.3, -0.25) is 4.79 Å². The van der Waals surface area contributed by atoms with Crippen LogP contribution in [0, 0.1) is 6.92 Å². The van der Waals surface area contributed by atoms with E-state index in [-0.39, 0.29) is 5.56 Å². The lowest BCUT2D eigenvalue weighted by Crippen LogP contribution is -2.21. The van der Waals surface area contributed by atoms with Crippen molar-refractivity contribution in [1.82, 2.24) is 14.6 Å². The lowest BCUT2D eigenvalue weighted by molar-refractivity contribution is -0.119. The molecular formula is C21H22N4O5. The Morgan fingerprint density at radius 2 is 1.87 bits per heavy atom. The second-order valence-corrected chi connectivity index (χ2v) is 6.54. The quantitative estimate of drug-likeness (QED) is 0.449. The van der Waals surface area contributed by atoms with Gasteiger partial charge in [0, 0.05) is 18.1 Å². The third-order valence-electron chi connectivity index (χ3n) is 4.24. The largest absolute Gasteiger partial charge is 0.462 e. The van der Waals surface area contributed by atoms with Gasteiger partial charge in [-0.15, -0.1) is 0 Å². The Bertz CT molecular complexity index is 1060. The number of amides is 1. The summed E-state index contributed by atoms with van der Waals surface area (Å²) in [5, 5.41) is 6.80. The van der Waals surface area contributed by atoms with Gasteiger partial charge in [0.1, 0.15) is 5.56 Å². The van der Waals surface area contributed by atoms with Gasteiger partial charge in [0.05, 0.1) is 17.9 Å². The first-order valence-electron chi connectivity index (χ1n) is 9.53. The van der Waals surface area contributed by atoms with E-state index in [2.05, 4.69) is 15.4 Å². The standard InChI is InChI=1S/C21H22N4O5/c1-3-4-12-29-20(27)15-6-8-16(9-7-15)23-17(26)13-30-21(28)18-14(2)24-25-11-5-10-22-19(18)25/h5-11H,3-4,12-13H2,1-2H3,(H,23,26). The number of rotatable bonds is 8. The summed E-state index contributed by atoms with van der Waals surface area (Å²) in [6.45, 7) is 3.59. The van der Waals surface area contributed by atoms with E-state index in [0.29, 0.717) is 29.2 Å². The lowest BCUT2D eigenvalue weighted by atomic mass is 10.2. The van der Waals surface area contributed by atoms with Crippen molar-refractivity contribution in [3.63, 3.8) is 0 Å². The molecule has 0 aliphatic carbocycles. The molecular weight excluding hydrogens is 388 g/mol. The molecule has 1 aromatic carbocycles. The van der Waals surface area contributed by atoms with Gasteiger partial charge in [0.15, 0.2) is 12.3 Å². The lowest BCUT2D eigenvalue weighted by Gasteiger charge is -2.08. The number of benzene rings is 1. The van der Waals surface area contributed by atoms with Crippen LogP contribution in [-0.2, 0) is 14.3 Å². The molecule has 0 aliphatic heterocycles. The van der Waals surface area contributed by atoms with Gasteiger partial charge in [-0.1, -0.05) is 13.3 Å². The normalized spacial score (nSPS) is 10.6. The molecule has 9 heteroatoms. The minimum atomic E-state index is -0.679. The highest BCUT2D eigenvalue weighted by Gasteiger charge is 2.20. The number of carbonyl (C=O) groups is 3. The van der Waals surface area contributed by atoms with Crippen LogP contribution >= 0.6 is 0 Å². The number of esters is 2. The fraction of sp³-hybridized carbons (Fsp3) is 0.286. The number of hydrogen-bond donors (Lipinski definition) is 1. The Balaban J connectivity index is 1.53. The van der Waals surface area contributed by atoms with Gasteiger partial charge < -0.3 is 14.8 Å². The smallest absolute Gasteiger partial charge is 0.344 e. The van der Waals surface area contributed by atoms with E-state index >= 15 is 0 Å². The number of nitrogens with zero attached hydrogens (tertiary/aromatic N) is 3. The molecule has 3 aromatic rings. The molecule has 1 amide bonds. The summed E-state index contributed by atoms with van der Waals surface area (Å²) in [7, 11) is 0. The number of fused-ring (bicyclic) bond motifs is 1. The van der Waals surface area contributed by atoms with E-state index in [0.717, 1.165) is 12.8 Å². The van der Waals surface area contributed by atoms with Gasteiger partial charge in [0.25, 0.3) is 5.91 Å². The number of nitrogens with one attached hydrogen (secondary N) is 1. The Morgan fingerprint density at radius 1 is 1.10 bits per heavy atom. The first kappa shape index (κ1) is 21.0. The minimum Gasteiger partial charge on any atom is -0.462 e. The topological polar surface area (TPSA) is 112 Å². The second kappa shape index (κ2) is 9.64. The van der Waals surface area contributed by atoms with Gasteiger partial charge >= 0.3 is 11.9 Å². The van der Waals surface area contributed by atoms with Crippen LogP contribution in [0.1, 0.15) is 46.2 Å². The van der Waals surface area contributed by atoms with Crippen molar-refractivity contribution in [3.8, 4) is 0 Å². The highest BCUT2D eigenvalue weighted by Crippen LogP contribution is 2.14. The highest BCUT2D eigenvalue weighted by molar-refractivity contribution is 5.99. The maximum Gasteiger partial charge on any atom is 0.344 e. The fourth-order valence-electron chi connectivity index (χ4n) is 2.72. The average Bonchev–Trinajstić information content (AvgIpc) is 3.08. The summed E-state index contributed by atoms with van der Waals surface area (Å²) in [5.74, 6) is -1.60. The molecule has 3 rings (SSSR count). The van der Waals surface area contributed by atoms with E-state index in [1.807, 2.05) is 6.92 Å². The van der Waals surface area contributed by atoms with Crippen LogP contribution in [0.5, 0.6) is 0 Å². The first-order chi connectivity index (χ1) is 14.5. The highest BCUT2D eigenvalue weighted by atomic mass is 16.5. The predicted molar refractivity (Wildman–Crippen MR) is 108 cm³/mol. The SMILES string of the molecule is CCCCOC(=O)c1ccc(NC(=O)COC(=O)c2c(C)nn3cccnc23)cc1. The number of anilines is 1. The third kappa shape index (κ3) is 4.99. The summed E-state index contributed by atoms with van der Waals surface area (Å²) in [6, 6.07) is 7.97. The Labute approximate surface area is 173 Å². The summed E-state index contributed by atoms with van der Waals surface area (Å²) < 4.78 is 11.7. The molecule has 156 valence electrons. The summed E-state index contributed by atoms with van der Waals surface area (Å²) >= 11 is 0. The zero-order valence-electron chi connectivity index (χ0n) is 16.8. The van der Waals surface area contributed by atoms with Crippen LogP contribution in [0.4, 0.5) is 5.69 Å². The molecule has 0 unspecified atom stereocenters. The van der Waals surface area contributed by atoms with Crippen LogP contribution in [-0.4, -0.2) is 45.7 Å². The molecule has 1 N–H and O–H groups in total. The van der Waals surface area contributed by atoms with Crippen LogP contribution in [0.15, 0.2) is 42.7 Å². The van der Waals surface area contributed by atoms with Crippen molar-refractivity contribution < 1.29 is 23.9 Å². The Morgan fingerprint density at radius 3 is 2.60 bits per heavy atom. The van der Waals surface area contributed by atoms with E-state index in [1.54, 1.807) is 49.6 Å². The van der Waals surface area contributed by atoms with Crippen molar-refractivity contribution in [2.75, 3.05) is 18.5 Å². The summed E-state index contributed by atoms with van der Waals surface area (Å²) in [6.07, 6.45) is 4.96. The molecule has 0 saturated heterocycles. The van der Waals surface area contributed by atoms with Crippen LogP contribution in [0.2, 0.25) is 0 Å². The van der Waals surface area contributed by atoms with E-state index < -0.39 is 24.5 Å². The molecule has 9 nitrogen and oxygen atoms in total. The van der Waals surface area contributed by atoms with E-state index in [9.17, 15) is 14.4 Å². The molecule has 0 aliphatic rings. The van der Waals surface area contributed by atoms with Crippen LogP contribution in [0.25, 0.3) is 5.65 Å². The Kier molecular flexibility index (Phi) is 6.74. The minimum absolute atomic E-state index is 0.217. The number of ether oxygens (including phenoxy) is 2. The van der Waals surface area contributed by atoms with Gasteiger partial charge in [0.2, 0.25) is 0 Å². The third-order valence-corrected chi connectivity index (χ3v) is 4.24. The maximum atomic E-state index is 12.4. The molecule has 0 spiro atoms. The number of aromatic nitrogens is 3. The van der Waals surface area contributed by atoms with Crippen molar-refractivity contribution in [2.24, 2.45) is 0 Å². The molecule has 30 heavy (non-hydrogen) atoms. The van der Waals surface area contributed by atoms with Crippen molar-refractivity contribution in [3.05, 3.63) is 59.5 Å². The van der Waals surface area contributed by atoms with Crippen LogP contribution < -0.4 is 5.32 Å². The van der Waals surface area contributed by atoms with Crippen LogP contribution in [0.3, 0.4) is 0 Å². The molecule has 0 fully saturated rings. The van der Waals surface area contributed by atoms with E-state index in [4.69, 9.17) is 9.47 Å².